The summed E-state index contributed by atoms with van der Waals surface area (Å²) in [5, 5.41) is 0. The third-order valence-corrected chi connectivity index (χ3v) is 3.90. The van der Waals surface area contributed by atoms with E-state index in [0.29, 0.717) is 0 Å². The van der Waals surface area contributed by atoms with Gasteiger partial charge in [0.1, 0.15) is 0 Å². The summed E-state index contributed by atoms with van der Waals surface area (Å²) >= 11 is 0. The highest BCUT2D eigenvalue weighted by atomic mass is 16.1. The fourth-order valence-corrected chi connectivity index (χ4v) is 2.41. The Labute approximate surface area is 101 Å². The Morgan fingerprint density at radius 3 is 2.80 bits per heavy atom. The second-order valence-corrected chi connectivity index (χ2v) is 5.17. The van der Waals surface area contributed by atoms with E-state index in [9.17, 15) is 4.79 Å². The summed E-state index contributed by atoms with van der Waals surface area (Å²) in [6.45, 7) is 5.12. The standard InChI is InChI=1S/C14H24O/c1-10-6-7-11(2)14(4,5)13(10)9-8-12(3)15/h8-11,13H,6-7H2,1-5H3/b9-8+/t10-,11-,13+/m1/s1/i3D3,8D,13D. The van der Waals surface area contributed by atoms with Gasteiger partial charge in [0.25, 0.3) is 0 Å². The van der Waals surface area contributed by atoms with E-state index in [1.807, 2.05) is 20.8 Å². The lowest BCUT2D eigenvalue weighted by molar-refractivity contribution is -0.112. The van der Waals surface area contributed by atoms with Crippen molar-refractivity contribution < 1.29 is 11.6 Å². The summed E-state index contributed by atoms with van der Waals surface area (Å²) in [6.07, 6.45) is 3.12. The molecule has 0 saturated heterocycles. The van der Waals surface area contributed by atoms with Crippen LogP contribution in [-0.4, -0.2) is 5.78 Å². The monoisotopic (exact) mass is 213 g/mol. The summed E-state index contributed by atoms with van der Waals surface area (Å²) in [6, 6.07) is -0.561. The quantitative estimate of drug-likeness (QED) is 0.637. The third-order valence-electron chi connectivity index (χ3n) is 3.90. The van der Waals surface area contributed by atoms with Crippen molar-refractivity contribution >= 4 is 5.78 Å². The number of hydrogen-bond acceptors (Lipinski definition) is 1. The average molecular weight is 213 g/mol. The molecular weight excluding hydrogens is 184 g/mol. The van der Waals surface area contributed by atoms with E-state index in [-0.39, 0.29) is 11.8 Å². The molecule has 0 heterocycles. The Morgan fingerprint density at radius 2 is 2.20 bits per heavy atom. The van der Waals surface area contributed by atoms with E-state index in [2.05, 4.69) is 6.92 Å². The highest BCUT2D eigenvalue weighted by Gasteiger charge is 2.39. The van der Waals surface area contributed by atoms with Gasteiger partial charge in [0.2, 0.25) is 0 Å². The fraction of sp³-hybridized carbons (Fsp3) is 0.786. The molecule has 1 fully saturated rings. The zero-order valence-electron chi connectivity index (χ0n) is 15.1. The zero-order chi connectivity index (χ0) is 15.9. The number of rotatable bonds is 2. The minimum Gasteiger partial charge on any atom is -0.295 e. The van der Waals surface area contributed by atoms with E-state index in [1.54, 1.807) is 0 Å². The van der Waals surface area contributed by atoms with Gasteiger partial charge in [-0.05, 0) is 48.9 Å². The molecule has 0 unspecified atom stereocenters. The first kappa shape index (κ1) is 6.88. The van der Waals surface area contributed by atoms with E-state index in [0.717, 1.165) is 12.8 Å². The third kappa shape index (κ3) is 2.70. The SMILES string of the molecule is [2H]/C(=C\[C@@]1([2H])[C@H](C)CC[C@@H](C)C1(C)C)C(=O)C([2H])([2H])[2H]. The summed E-state index contributed by atoms with van der Waals surface area (Å²) < 4.78 is 37.8. The maximum absolute atomic E-state index is 11.7. The van der Waals surface area contributed by atoms with E-state index in [4.69, 9.17) is 6.85 Å². The Bertz CT molecular complexity index is 424. The Morgan fingerprint density at radius 1 is 1.53 bits per heavy atom. The van der Waals surface area contributed by atoms with Gasteiger partial charge in [-0.3, -0.25) is 4.79 Å². The van der Waals surface area contributed by atoms with Crippen LogP contribution in [0, 0.1) is 23.1 Å². The fourth-order valence-electron chi connectivity index (χ4n) is 2.41. The second-order valence-electron chi connectivity index (χ2n) is 5.17. The van der Waals surface area contributed by atoms with Gasteiger partial charge in [-0.15, -0.1) is 0 Å². The van der Waals surface area contributed by atoms with Gasteiger partial charge >= 0.3 is 0 Å². The Hall–Kier alpha value is -0.590. The first-order valence-electron chi connectivity index (χ1n) is 8.08. The maximum Gasteiger partial charge on any atom is 0.152 e. The van der Waals surface area contributed by atoms with Crippen LogP contribution < -0.4 is 0 Å². The van der Waals surface area contributed by atoms with E-state index in [1.165, 1.54) is 6.08 Å². The maximum atomic E-state index is 11.7. The van der Waals surface area contributed by atoms with Gasteiger partial charge in [-0.1, -0.05) is 33.8 Å². The van der Waals surface area contributed by atoms with Crippen LogP contribution in [0.2, 0.25) is 0 Å². The van der Waals surface area contributed by atoms with E-state index < -0.39 is 30.0 Å². The lowest BCUT2D eigenvalue weighted by atomic mass is 9.59. The van der Waals surface area contributed by atoms with Gasteiger partial charge in [0.05, 0.1) is 1.37 Å². The van der Waals surface area contributed by atoms with Crippen LogP contribution in [0.25, 0.3) is 0 Å². The summed E-state index contributed by atoms with van der Waals surface area (Å²) in [5.41, 5.74) is -0.411. The predicted octanol–water partition coefficient (Wildman–Crippen LogP) is 3.84. The molecule has 1 rings (SSSR count). The predicted molar refractivity (Wildman–Crippen MR) is 64.7 cm³/mol. The second kappa shape index (κ2) is 4.51. The van der Waals surface area contributed by atoms with Crippen molar-refractivity contribution in [2.24, 2.45) is 23.1 Å². The van der Waals surface area contributed by atoms with Crippen LogP contribution in [0.3, 0.4) is 0 Å². The molecule has 0 aromatic carbocycles. The minimum absolute atomic E-state index is 0.0153. The van der Waals surface area contributed by atoms with Crippen LogP contribution in [0.5, 0.6) is 0 Å². The Balaban J connectivity index is 3.23. The number of allylic oxidation sites excluding steroid dienone is 2. The lowest BCUT2D eigenvalue weighted by Gasteiger charge is -2.46. The molecule has 0 bridgehead atoms. The van der Waals surface area contributed by atoms with Crippen molar-refractivity contribution in [3.05, 3.63) is 12.1 Å². The number of ketones is 1. The highest BCUT2D eigenvalue weighted by Crippen LogP contribution is 2.48. The van der Waals surface area contributed by atoms with Crippen LogP contribution in [-0.2, 0) is 4.79 Å². The van der Waals surface area contributed by atoms with Gasteiger partial charge in [0, 0.05) is 5.48 Å². The molecule has 0 amide bonds. The largest absolute Gasteiger partial charge is 0.295 e. The van der Waals surface area contributed by atoms with Crippen molar-refractivity contribution in [1.29, 1.82) is 0 Å². The molecule has 1 saturated carbocycles. The molecule has 15 heavy (non-hydrogen) atoms. The molecule has 86 valence electrons. The lowest BCUT2D eigenvalue weighted by Crippen LogP contribution is -2.38. The van der Waals surface area contributed by atoms with Crippen molar-refractivity contribution in [1.82, 2.24) is 0 Å². The first-order chi connectivity index (χ1) is 8.84. The van der Waals surface area contributed by atoms with Crippen molar-refractivity contribution in [3.8, 4) is 0 Å². The van der Waals surface area contributed by atoms with Crippen molar-refractivity contribution in [3.63, 3.8) is 0 Å². The average Bonchev–Trinajstić information content (AvgIpc) is 2.30. The van der Waals surface area contributed by atoms with Crippen LogP contribution in [0.15, 0.2) is 12.1 Å². The molecule has 0 radical (unpaired) electrons. The summed E-state index contributed by atoms with van der Waals surface area (Å²) in [5.74, 6) is -2.00. The van der Waals surface area contributed by atoms with Crippen LogP contribution in [0.4, 0.5) is 0 Å². The zero-order valence-corrected chi connectivity index (χ0v) is 10.1. The summed E-state index contributed by atoms with van der Waals surface area (Å²) in [4.78, 5) is 11.7. The molecule has 0 aromatic rings. The van der Waals surface area contributed by atoms with Gasteiger partial charge in [0.15, 0.2) is 5.78 Å². The van der Waals surface area contributed by atoms with E-state index >= 15 is 0 Å². The van der Waals surface area contributed by atoms with Gasteiger partial charge in [-0.2, -0.15) is 0 Å². The first-order valence-corrected chi connectivity index (χ1v) is 5.58. The molecule has 1 aliphatic carbocycles. The number of carbonyl (C=O) groups excluding carboxylic acids is 1. The normalized spacial score (nSPS) is 46.9. The molecule has 0 aliphatic heterocycles. The number of hydrogen-bond donors (Lipinski definition) is 0. The van der Waals surface area contributed by atoms with Gasteiger partial charge in [-0.25, -0.2) is 0 Å². The highest BCUT2D eigenvalue weighted by molar-refractivity contribution is 5.87. The minimum atomic E-state index is -2.81. The van der Waals surface area contributed by atoms with Crippen molar-refractivity contribution in [2.75, 3.05) is 0 Å². The topological polar surface area (TPSA) is 17.1 Å². The molecule has 3 atom stereocenters. The molecule has 1 nitrogen and oxygen atoms in total. The smallest absolute Gasteiger partial charge is 0.152 e. The molecule has 1 heteroatoms. The molecule has 0 aromatic heterocycles. The van der Waals surface area contributed by atoms with Gasteiger partial charge < -0.3 is 0 Å². The van der Waals surface area contributed by atoms with Crippen molar-refractivity contribution in [2.45, 2.75) is 47.4 Å². The molecule has 1 aliphatic rings. The summed E-state index contributed by atoms with van der Waals surface area (Å²) in [7, 11) is 0. The van der Waals surface area contributed by atoms with Crippen LogP contribution in [0.1, 0.15) is 54.2 Å². The molecule has 0 N–H and O–H groups in total. The van der Waals surface area contributed by atoms with Crippen LogP contribution >= 0.6 is 0 Å². The Kier molecular flexibility index (Phi) is 2.07. The number of carbonyl (C=O) groups is 1. The molecular formula is C14H24O. The molecule has 0 spiro atoms.